The highest BCUT2D eigenvalue weighted by atomic mass is 16.7. The molecule has 0 saturated carbocycles. The summed E-state index contributed by atoms with van der Waals surface area (Å²) in [5.41, 5.74) is 4.09. The zero-order valence-corrected chi connectivity index (χ0v) is 17.5. The van der Waals surface area contributed by atoms with Gasteiger partial charge in [-0.2, -0.15) is 0 Å². The number of nitrogens with zero attached hydrogens (tertiary/aromatic N) is 2. The summed E-state index contributed by atoms with van der Waals surface area (Å²) in [6.45, 7) is 10.2. The topological polar surface area (TPSA) is 36.3 Å². The minimum atomic E-state index is -0.600. The van der Waals surface area contributed by atoms with E-state index in [0.717, 1.165) is 33.6 Å². The van der Waals surface area contributed by atoms with E-state index in [4.69, 9.17) is 14.3 Å². The summed E-state index contributed by atoms with van der Waals surface area (Å²) in [4.78, 5) is 4.92. The summed E-state index contributed by atoms with van der Waals surface area (Å²) in [6.07, 6.45) is 0. The number of hydrogen-bond donors (Lipinski definition) is 0. The first kappa shape index (κ1) is 19.0. The summed E-state index contributed by atoms with van der Waals surface area (Å²) in [6, 6.07) is 26.8. The highest BCUT2D eigenvalue weighted by molar-refractivity contribution is 6.62. The fourth-order valence-electron chi connectivity index (χ4n) is 3.78. The molecule has 0 radical (unpaired) electrons. The maximum atomic E-state index is 6.13. The van der Waals surface area contributed by atoms with E-state index in [0.29, 0.717) is 0 Å². The van der Waals surface area contributed by atoms with E-state index in [1.54, 1.807) is 0 Å². The molecule has 4 nitrogen and oxygen atoms in total. The van der Waals surface area contributed by atoms with E-state index in [9.17, 15) is 0 Å². The number of fused-ring (bicyclic) bond motifs is 1. The number of aromatic nitrogens is 2. The van der Waals surface area contributed by atoms with E-state index in [2.05, 4.69) is 41.8 Å². The zero-order chi connectivity index (χ0) is 20.9. The van der Waals surface area contributed by atoms with E-state index in [1.165, 1.54) is 0 Å². The number of rotatable bonds is 3. The van der Waals surface area contributed by atoms with Crippen molar-refractivity contribution in [2.24, 2.45) is 0 Å². The highest BCUT2D eigenvalue weighted by Crippen LogP contribution is 2.36. The lowest BCUT2D eigenvalue weighted by Crippen LogP contribution is -2.42. The van der Waals surface area contributed by atoms with Gasteiger partial charge in [0.15, 0.2) is 0 Å². The molecule has 1 aliphatic rings. The van der Waals surface area contributed by atoms with Gasteiger partial charge in [-0.25, -0.2) is 4.98 Å². The van der Waals surface area contributed by atoms with Crippen molar-refractivity contribution in [2.45, 2.75) is 32.0 Å². The number of para-hydroxylation sites is 3. The molecular weight excluding hydrogens is 371 g/mol. The van der Waals surface area contributed by atoms with Crippen molar-refractivity contribution in [3.63, 3.8) is 0 Å². The molecule has 0 aliphatic carbocycles. The normalized spacial score (nSPS) is 20.7. The molecule has 0 amide bonds. The fourth-order valence-corrected chi connectivity index (χ4v) is 3.78. The second kappa shape index (κ2) is 6.76. The van der Waals surface area contributed by atoms with Gasteiger partial charge in [-0.1, -0.05) is 54.6 Å². The van der Waals surface area contributed by atoms with Gasteiger partial charge in [0.05, 0.1) is 18.0 Å². The highest BCUT2D eigenvalue weighted by Gasteiger charge is 2.57. The Balaban J connectivity index is 1.56. The maximum absolute atomic E-state index is 6.13. The number of hydrogen-bond acceptors (Lipinski definition) is 3. The molecule has 0 N–H and O–H groups in total. The third kappa shape index (κ3) is 3.02. The molecule has 2 heterocycles. The van der Waals surface area contributed by atoms with Crippen LogP contribution in [0, 0.1) is 6.92 Å². The van der Waals surface area contributed by atoms with E-state index in [-0.39, 0.29) is 0 Å². The van der Waals surface area contributed by atoms with Crippen LogP contribution in [-0.2, 0) is 9.31 Å². The lowest BCUT2D eigenvalue weighted by Gasteiger charge is -2.25. The Morgan fingerprint density at radius 1 is 0.833 bits per heavy atom. The molecule has 1 atom stereocenters. The minimum Gasteiger partial charge on any atom is -0.395 e. The lowest BCUT2D eigenvalue weighted by molar-refractivity contribution is 0.0262. The van der Waals surface area contributed by atoms with Crippen LogP contribution in [0.3, 0.4) is 0 Å². The van der Waals surface area contributed by atoms with Crippen molar-refractivity contribution >= 4 is 23.6 Å². The smallest absolute Gasteiger partial charge is 0.395 e. The minimum absolute atomic E-state index is 0.426. The van der Waals surface area contributed by atoms with Crippen molar-refractivity contribution in [2.75, 3.05) is 0 Å². The molecule has 0 spiro atoms. The standard InChI is InChI=1S/C25H24BN2O2/c1-24(2)25(3,4)30-26(29-24)19-16-14-18(15-17-19)23-27-21-12-8-9-13-22(21)28(23)20-10-6-5-7-11-20/h5-17H,1H2,2-4H3/q+1. The van der Waals surface area contributed by atoms with Crippen molar-refractivity contribution < 1.29 is 9.31 Å². The van der Waals surface area contributed by atoms with Gasteiger partial charge in [-0.05, 0) is 43.6 Å². The SMILES string of the molecule is [CH2+]C1(C)OB(c2ccc(-c3nc4ccccc4n3-c3ccccc3)cc2)OC1(C)C. The predicted octanol–water partition coefficient (Wildman–Crippen LogP) is 4.81. The van der Waals surface area contributed by atoms with Crippen LogP contribution in [0.1, 0.15) is 20.8 Å². The lowest BCUT2D eigenvalue weighted by atomic mass is 9.79. The number of benzene rings is 3. The third-order valence-electron chi connectivity index (χ3n) is 6.06. The summed E-state index contributed by atoms with van der Waals surface area (Å²) in [5, 5.41) is 0. The quantitative estimate of drug-likeness (QED) is 0.369. The largest absolute Gasteiger partial charge is 0.497 e. The van der Waals surface area contributed by atoms with Gasteiger partial charge in [-0.3, -0.25) is 4.57 Å². The zero-order valence-electron chi connectivity index (χ0n) is 17.5. The molecule has 4 aromatic rings. The predicted molar refractivity (Wildman–Crippen MR) is 122 cm³/mol. The van der Waals surface area contributed by atoms with Crippen LogP contribution in [0.5, 0.6) is 0 Å². The molecule has 148 valence electrons. The second-order valence-corrected chi connectivity index (χ2v) is 8.53. The molecule has 1 aliphatic heterocycles. The average molecular weight is 395 g/mol. The van der Waals surface area contributed by atoms with Crippen LogP contribution < -0.4 is 5.46 Å². The van der Waals surface area contributed by atoms with Crippen molar-refractivity contribution in [1.29, 1.82) is 0 Å². The molecular formula is C25H24BN2O2+. The van der Waals surface area contributed by atoms with Crippen LogP contribution in [0.25, 0.3) is 28.1 Å². The van der Waals surface area contributed by atoms with E-state index in [1.807, 2.05) is 69.3 Å². The van der Waals surface area contributed by atoms with Crippen LogP contribution in [0.15, 0.2) is 78.9 Å². The van der Waals surface area contributed by atoms with Gasteiger partial charge in [0.25, 0.3) is 0 Å². The van der Waals surface area contributed by atoms with Gasteiger partial charge >= 0.3 is 7.12 Å². The second-order valence-electron chi connectivity index (χ2n) is 8.53. The molecule has 0 bridgehead atoms. The molecule has 5 heteroatoms. The molecule has 1 aromatic heterocycles. The first-order chi connectivity index (χ1) is 14.4. The van der Waals surface area contributed by atoms with Gasteiger partial charge < -0.3 is 9.31 Å². The van der Waals surface area contributed by atoms with Crippen LogP contribution in [0.2, 0.25) is 0 Å². The third-order valence-corrected chi connectivity index (χ3v) is 6.06. The molecule has 5 rings (SSSR count). The van der Waals surface area contributed by atoms with Crippen LogP contribution in [0.4, 0.5) is 0 Å². The molecule has 30 heavy (non-hydrogen) atoms. The Morgan fingerprint density at radius 2 is 1.50 bits per heavy atom. The van der Waals surface area contributed by atoms with Gasteiger partial charge in [0, 0.05) is 18.2 Å². The van der Waals surface area contributed by atoms with E-state index >= 15 is 0 Å². The Morgan fingerprint density at radius 3 is 2.17 bits per heavy atom. The van der Waals surface area contributed by atoms with Gasteiger partial charge in [0.1, 0.15) is 11.4 Å². The molecule has 3 aromatic carbocycles. The molecule has 1 saturated heterocycles. The summed E-state index contributed by atoms with van der Waals surface area (Å²) >= 11 is 0. The Hall–Kier alpha value is -3.02. The van der Waals surface area contributed by atoms with Gasteiger partial charge in [0.2, 0.25) is 5.60 Å². The Kier molecular flexibility index (Phi) is 4.28. The van der Waals surface area contributed by atoms with Gasteiger partial charge in [-0.15, -0.1) is 0 Å². The maximum Gasteiger partial charge on any atom is 0.497 e. The van der Waals surface area contributed by atoms with Crippen LogP contribution >= 0.6 is 0 Å². The Bertz CT molecular complexity index is 1180. The number of imidazole rings is 1. The molecule has 1 fully saturated rings. The monoisotopic (exact) mass is 395 g/mol. The van der Waals surface area contributed by atoms with Crippen LogP contribution in [-0.4, -0.2) is 27.9 Å². The first-order valence-corrected chi connectivity index (χ1v) is 10.2. The summed E-state index contributed by atoms with van der Waals surface area (Å²) in [7, 11) is -0.426. The van der Waals surface area contributed by atoms with E-state index < -0.39 is 18.3 Å². The summed E-state index contributed by atoms with van der Waals surface area (Å²) in [5.74, 6) is 0.907. The van der Waals surface area contributed by atoms with Crippen molar-refractivity contribution in [3.8, 4) is 17.1 Å². The summed E-state index contributed by atoms with van der Waals surface area (Å²) < 4.78 is 14.4. The van der Waals surface area contributed by atoms with Crippen molar-refractivity contribution in [3.05, 3.63) is 85.8 Å². The fraction of sp³-hybridized carbons (Fsp3) is 0.200. The average Bonchev–Trinajstić information content (AvgIpc) is 3.23. The van der Waals surface area contributed by atoms with Crippen molar-refractivity contribution in [1.82, 2.24) is 9.55 Å². The molecule has 1 unspecified atom stereocenters. The Labute approximate surface area is 177 Å². The first-order valence-electron chi connectivity index (χ1n) is 10.2.